The lowest BCUT2D eigenvalue weighted by Gasteiger charge is -2.29. The van der Waals surface area contributed by atoms with E-state index in [0.29, 0.717) is 0 Å². The Bertz CT molecular complexity index is 704. The van der Waals surface area contributed by atoms with Crippen LogP contribution in [-0.4, -0.2) is 45.0 Å². The molecule has 114 valence electrons. The number of allylic oxidation sites excluding steroid dienone is 1. The number of nitrogens with zero attached hydrogens (tertiary/aromatic N) is 2. The minimum atomic E-state index is -4.99. The van der Waals surface area contributed by atoms with Crippen molar-refractivity contribution in [1.29, 1.82) is 0 Å². The second-order valence-corrected chi connectivity index (χ2v) is 6.88. The van der Waals surface area contributed by atoms with Crippen LogP contribution in [0.3, 0.4) is 0 Å². The molecule has 1 aliphatic rings. The van der Waals surface area contributed by atoms with E-state index in [1.54, 1.807) is 0 Å². The van der Waals surface area contributed by atoms with Crippen molar-refractivity contribution in [2.75, 3.05) is 14.2 Å². The van der Waals surface area contributed by atoms with Crippen LogP contribution in [0.15, 0.2) is 32.7 Å². The first-order valence-electron chi connectivity index (χ1n) is 5.00. The summed E-state index contributed by atoms with van der Waals surface area (Å²) in [4.78, 5) is -3.50. The molecule has 1 rings (SSSR count). The molecular formula is C8H13N3O7S2. The molecular weight excluding hydrogens is 314 g/mol. The Morgan fingerprint density at radius 3 is 2.25 bits per heavy atom. The first-order chi connectivity index (χ1) is 8.97. The van der Waals surface area contributed by atoms with Gasteiger partial charge in [-0.05, 0) is 6.08 Å². The smallest absolute Gasteiger partial charge is 0.295 e. The van der Waals surface area contributed by atoms with Crippen LogP contribution in [0.25, 0.3) is 0 Å². The summed E-state index contributed by atoms with van der Waals surface area (Å²) in [6.45, 7) is 0. The fourth-order valence-electron chi connectivity index (χ4n) is 1.69. The summed E-state index contributed by atoms with van der Waals surface area (Å²) < 4.78 is 68.5. The summed E-state index contributed by atoms with van der Waals surface area (Å²) in [5.74, 6) is -0.808. The summed E-state index contributed by atoms with van der Waals surface area (Å²) in [5.41, 5.74) is 5.36. The summed E-state index contributed by atoms with van der Waals surface area (Å²) in [6, 6.07) is 0. The molecule has 0 spiro atoms. The SMILES string of the molecule is CN=NC1=CC(N)(S(=O)(=O)O)C(OC)=C(S(=O)(=O)O)C1. The van der Waals surface area contributed by atoms with Crippen LogP contribution >= 0.6 is 0 Å². The number of methoxy groups -OCH3 is 1. The first kappa shape index (κ1) is 16.7. The van der Waals surface area contributed by atoms with E-state index in [9.17, 15) is 21.4 Å². The monoisotopic (exact) mass is 327 g/mol. The van der Waals surface area contributed by atoms with Gasteiger partial charge in [0.15, 0.2) is 5.76 Å². The van der Waals surface area contributed by atoms with Crippen LogP contribution in [0.4, 0.5) is 0 Å². The Hall–Kier alpha value is -1.34. The van der Waals surface area contributed by atoms with Gasteiger partial charge in [0.1, 0.15) is 4.91 Å². The Morgan fingerprint density at radius 1 is 1.35 bits per heavy atom. The third kappa shape index (κ3) is 2.88. The van der Waals surface area contributed by atoms with Gasteiger partial charge in [0.2, 0.25) is 4.87 Å². The van der Waals surface area contributed by atoms with Gasteiger partial charge in [-0.25, -0.2) is 0 Å². The summed E-state index contributed by atoms with van der Waals surface area (Å²) >= 11 is 0. The number of nitrogens with two attached hydrogens (primary N) is 1. The molecule has 12 heteroatoms. The van der Waals surface area contributed by atoms with Crippen LogP contribution in [0.5, 0.6) is 0 Å². The molecule has 0 saturated heterocycles. The molecule has 0 amide bonds. The zero-order valence-corrected chi connectivity index (χ0v) is 12.1. The average molecular weight is 327 g/mol. The first-order valence-corrected chi connectivity index (χ1v) is 7.88. The standard InChI is InChI=1S/C8H13N3O7S2/c1-10-11-5-3-6(19(12,13)14)7(18-2)8(9,4-5)20(15,16)17/h4H,3,9H2,1-2H3,(H,12,13,14)(H,15,16,17). The third-order valence-electron chi connectivity index (χ3n) is 2.50. The van der Waals surface area contributed by atoms with E-state index in [2.05, 4.69) is 15.0 Å². The fourth-order valence-corrected chi connectivity index (χ4v) is 3.30. The average Bonchev–Trinajstić information content (AvgIpc) is 2.26. The number of ether oxygens (including phenoxy) is 1. The van der Waals surface area contributed by atoms with Gasteiger partial charge >= 0.3 is 0 Å². The Kier molecular flexibility index (Phi) is 4.36. The normalized spacial score (nSPS) is 24.9. The second-order valence-electron chi connectivity index (χ2n) is 3.81. The van der Waals surface area contributed by atoms with E-state index in [0.717, 1.165) is 13.2 Å². The van der Waals surface area contributed by atoms with Gasteiger partial charge in [-0.2, -0.15) is 27.1 Å². The maximum absolute atomic E-state index is 11.4. The molecule has 0 bridgehead atoms. The number of azo groups is 1. The van der Waals surface area contributed by atoms with E-state index in [1.165, 1.54) is 7.05 Å². The zero-order valence-electron chi connectivity index (χ0n) is 10.5. The number of hydrogen-bond acceptors (Lipinski definition) is 8. The van der Waals surface area contributed by atoms with Gasteiger partial charge in [-0.3, -0.25) is 9.11 Å². The minimum Gasteiger partial charge on any atom is -0.496 e. The van der Waals surface area contributed by atoms with Crippen molar-refractivity contribution in [3.8, 4) is 0 Å². The predicted octanol–water partition coefficient (Wildman–Crippen LogP) is -0.355. The van der Waals surface area contributed by atoms with Crippen LogP contribution < -0.4 is 5.73 Å². The van der Waals surface area contributed by atoms with E-state index < -0.39 is 42.2 Å². The molecule has 1 unspecified atom stereocenters. The lowest BCUT2D eigenvalue weighted by Crippen LogP contribution is -2.50. The van der Waals surface area contributed by atoms with Crippen molar-refractivity contribution in [2.24, 2.45) is 16.0 Å². The van der Waals surface area contributed by atoms with E-state index in [4.69, 9.17) is 10.3 Å². The van der Waals surface area contributed by atoms with Gasteiger partial charge in [-0.15, -0.1) is 0 Å². The quantitative estimate of drug-likeness (QED) is 0.464. The van der Waals surface area contributed by atoms with Crippen LogP contribution in [0.1, 0.15) is 6.42 Å². The van der Waals surface area contributed by atoms with Gasteiger partial charge in [0, 0.05) is 13.5 Å². The molecule has 4 N–H and O–H groups in total. The lowest BCUT2D eigenvalue weighted by atomic mass is 10.1. The molecule has 0 aromatic rings. The molecule has 1 aliphatic carbocycles. The van der Waals surface area contributed by atoms with Crippen LogP contribution in [0.2, 0.25) is 0 Å². The van der Waals surface area contributed by atoms with Gasteiger partial charge in [0.05, 0.1) is 12.8 Å². The van der Waals surface area contributed by atoms with Crippen molar-refractivity contribution in [3.63, 3.8) is 0 Å². The second kappa shape index (κ2) is 5.21. The van der Waals surface area contributed by atoms with Crippen molar-refractivity contribution in [3.05, 3.63) is 22.4 Å². The largest absolute Gasteiger partial charge is 0.496 e. The molecule has 20 heavy (non-hydrogen) atoms. The molecule has 10 nitrogen and oxygen atoms in total. The van der Waals surface area contributed by atoms with Crippen LogP contribution in [0, 0.1) is 0 Å². The Morgan fingerprint density at radius 2 is 1.90 bits per heavy atom. The van der Waals surface area contributed by atoms with Crippen LogP contribution in [-0.2, 0) is 25.0 Å². The summed E-state index contributed by atoms with van der Waals surface area (Å²) in [6.07, 6.45) is 0.316. The lowest BCUT2D eigenvalue weighted by molar-refractivity contribution is 0.252. The highest BCUT2D eigenvalue weighted by molar-refractivity contribution is 7.90. The molecule has 0 fully saturated rings. The highest BCUT2D eigenvalue weighted by Crippen LogP contribution is 2.37. The Labute approximate surface area is 115 Å². The topological polar surface area (TPSA) is 169 Å². The predicted molar refractivity (Wildman–Crippen MR) is 67.5 cm³/mol. The van der Waals surface area contributed by atoms with Gasteiger partial charge < -0.3 is 10.5 Å². The van der Waals surface area contributed by atoms with Crippen molar-refractivity contribution in [2.45, 2.75) is 11.3 Å². The van der Waals surface area contributed by atoms with Gasteiger partial charge in [-0.1, -0.05) is 0 Å². The summed E-state index contributed by atoms with van der Waals surface area (Å²) in [5, 5.41) is 6.85. The third-order valence-corrected chi connectivity index (χ3v) is 4.61. The maximum Gasteiger partial charge on any atom is 0.295 e. The minimum absolute atomic E-state index is 0.166. The highest BCUT2D eigenvalue weighted by atomic mass is 32.2. The van der Waals surface area contributed by atoms with E-state index >= 15 is 0 Å². The number of rotatable bonds is 4. The molecule has 0 aromatic carbocycles. The maximum atomic E-state index is 11.4. The van der Waals surface area contributed by atoms with Crippen molar-refractivity contribution in [1.82, 2.24) is 0 Å². The summed E-state index contributed by atoms with van der Waals surface area (Å²) in [7, 11) is -7.59. The molecule has 0 radical (unpaired) electrons. The fraction of sp³-hybridized carbons (Fsp3) is 0.500. The molecule has 1 atom stereocenters. The number of hydrogen-bond donors (Lipinski definition) is 3. The van der Waals surface area contributed by atoms with E-state index in [-0.39, 0.29) is 5.70 Å². The molecule has 0 heterocycles. The van der Waals surface area contributed by atoms with Gasteiger partial charge in [0.25, 0.3) is 20.2 Å². The zero-order chi connectivity index (χ0) is 15.8. The van der Waals surface area contributed by atoms with Crippen molar-refractivity contribution >= 4 is 20.2 Å². The Balaban J connectivity index is 3.74. The highest BCUT2D eigenvalue weighted by Gasteiger charge is 2.49. The molecule has 0 saturated carbocycles. The molecule has 0 aromatic heterocycles. The van der Waals surface area contributed by atoms with E-state index in [1.807, 2.05) is 0 Å². The van der Waals surface area contributed by atoms with Crippen molar-refractivity contribution < 1.29 is 30.7 Å². The molecule has 0 aliphatic heterocycles.